The van der Waals surface area contributed by atoms with E-state index in [1.54, 1.807) is 0 Å². The molecular formula is C13H22O2S. The smallest absolute Gasteiger partial charge is 0.344 e. The molecule has 0 N–H and O–H groups in total. The molecule has 0 amide bonds. The van der Waals surface area contributed by atoms with E-state index in [2.05, 4.69) is 40.0 Å². The molecule has 1 saturated carbocycles. The number of hydrogen-bond donors (Lipinski definition) is 1. The minimum atomic E-state index is -0.368. The van der Waals surface area contributed by atoms with Gasteiger partial charge in [-0.05, 0) is 30.6 Å². The molecule has 92 valence electrons. The average molecular weight is 242 g/mol. The second-order valence-electron chi connectivity index (χ2n) is 5.22. The number of rotatable bonds is 3. The molecule has 0 saturated heterocycles. The van der Waals surface area contributed by atoms with Crippen molar-refractivity contribution in [3.8, 4) is 0 Å². The first-order valence-electron chi connectivity index (χ1n) is 6.00. The maximum absolute atomic E-state index is 11.5. The Labute approximate surface area is 104 Å². The molecule has 1 aliphatic rings. The quantitative estimate of drug-likeness (QED) is 0.466. The van der Waals surface area contributed by atoms with Crippen LogP contribution in [-0.4, -0.2) is 12.1 Å². The first kappa shape index (κ1) is 13.6. The van der Waals surface area contributed by atoms with Crippen LogP contribution in [0.4, 0.5) is 0 Å². The predicted octanol–water partition coefficient (Wildman–Crippen LogP) is 3.43. The van der Waals surface area contributed by atoms with Gasteiger partial charge in [0.05, 0.1) is 4.91 Å². The molecule has 0 radical (unpaired) electrons. The average Bonchev–Trinajstić information content (AvgIpc) is 2.16. The molecule has 0 aromatic rings. The summed E-state index contributed by atoms with van der Waals surface area (Å²) in [6.45, 7) is 10.1. The zero-order chi connectivity index (χ0) is 12.3. The summed E-state index contributed by atoms with van der Waals surface area (Å²) in [5.74, 6) is 1.31. The van der Waals surface area contributed by atoms with Crippen molar-refractivity contribution in [3.63, 3.8) is 0 Å². The molecule has 3 unspecified atom stereocenters. The van der Waals surface area contributed by atoms with Gasteiger partial charge in [0.25, 0.3) is 0 Å². The first-order valence-corrected chi connectivity index (χ1v) is 6.45. The monoisotopic (exact) mass is 242 g/mol. The van der Waals surface area contributed by atoms with E-state index in [0.29, 0.717) is 17.8 Å². The van der Waals surface area contributed by atoms with Crippen molar-refractivity contribution in [2.45, 2.75) is 46.1 Å². The third kappa shape index (κ3) is 3.55. The van der Waals surface area contributed by atoms with Gasteiger partial charge in [0, 0.05) is 0 Å². The van der Waals surface area contributed by atoms with Gasteiger partial charge in [-0.2, -0.15) is 0 Å². The van der Waals surface area contributed by atoms with Crippen LogP contribution >= 0.6 is 12.6 Å². The maximum Gasteiger partial charge on any atom is 0.344 e. The van der Waals surface area contributed by atoms with Crippen molar-refractivity contribution < 1.29 is 9.53 Å². The molecule has 2 nitrogen and oxygen atoms in total. The van der Waals surface area contributed by atoms with Crippen LogP contribution in [0.2, 0.25) is 0 Å². The summed E-state index contributed by atoms with van der Waals surface area (Å²) in [5, 5.41) is 0. The van der Waals surface area contributed by atoms with Gasteiger partial charge in [0.2, 0.25) is 0 Å². The Morgan fingerprint density at radius 3 is 2.56 bits per heavy atom. The minimum Gasteiger partial charge on any atom is -0.458 e. The zero-order valence-electron chi connectivity index (χ0n) is 10.4. The maximum atomic E-state index is 11.5. The minimum absolute atomic E-state index is 0.0418. The van der Waals surface area contributed by atoms with E-state index >= 15 is 0 Å². The Bertz CT molecular complexity index is 273. The van der Waals surface area contributed by atoms with Crippen LogP contribution in [0.1, 0.15) is 40.0 Å². The van der Waals surface area contributed by atoms with Gasteiger partial charge in [-0.1, -0.05) is 33.8 Å². The van der Waals surface area contributed by atoms with Crippen molar-refractivity contribution in [2.24, 2.45) is 17.8 Å². The second-order valence-corrected chi connectivity index (χ2v) is 5.76. The summed E-state index contributed by atoms with van der Waals surface area (Å²) in [6, 6.07) is 0. The topological polar surface area (TPSA) is 26.3 Å². The van der Waals surface area contributed by atoms with Crippen LogP contribution in [0, 0.1) is 17.8 Å². The summed E-state index contributed by atoms with van der Waals surface area (Å²) >= 11 is 3.93. The van der Waals surface area contributed by atoms with E-state index in [1.165, 1.54) is 6.42 Å². The van der Waals surface area contributed by atoms with Crippen molar-refractivity contribution >= 4 is 18.6 Å². The largest absolute Gasteiger partial charge is 0.458 e. The number of thiol groups is 1. The summed E-state index contributed by atoms with van der Waals surface area (Å²) in [4.78, 5) is 11.7. The molecule has 0 aromatic carbocycles. The van der Waals surface area contributed by atoms with E-state index in [4.69, 9.17) is 4.74 Å². The van der Waals surface area contributed by atoms with Crippen LogP contribution in [0.5, 0.6) is 0 Å². The van der Waals surface area contributed by atoms with E-state index in [0.717, 1.165) is 12.8 Å². The lowest BCUT2D eigenvalue weighted by molar-refractivity contribution is -0.150. The molecule has 1 fully saturated rings. The molecule has 3 atom stereocenters. The lowest BCUT2D eigenvalue weighted by atomic mass is 9.75. The van der Waals surface area contributed by atoms with Crippen LogP contribution in [0.25, 0.3) is 0 Å². The lowest BCUT2D eigenvalue weighted by Gasteiger charge is -2.36. The summed E-state index contributed by atoms with van der Waals surface area (Å²) in [5.41, 5.74) is 0. The summed E-state index contributed by atoms with van der Waals surface area (Å²) < 4.78 is 5.48. The van der Waals surface area contributed by atoms with Gasteiger partial charge in [0.1, 0.15) is 6.10 Å². The van der Waals surface area contributed by atoms with Gasteiger partial charge in [-0.15, -0.1) is 12.6 Å². The van der Waals surface area contributed by atoms with Crippen molar-refractivity contribution in [3.05, 3.63) is 11.5 Å². The Balaban J connectivity index is 2.64. The molecule has 0 aliphatic heterocycles. The summed E-state index contributed by atoms with van der Waals surface area (Å²) in [7, 11) is 0. The molecule has 16 heavy (non-hydrogen) atoms. The molecule has 0 spiro atoms. The molecule has 0 aromatic heterocycles. The Morgan fingerprint density at radius 1 is 1.44 bits per heavy atom. The van der Waals surface area contributed by atoms with Gasteiger partial charge in [0.15, 0.2) is 0 Å². The normalized spacial score (nSPS) is 30.2. The standard InChI is InChI=1S/C13H22O2S/c1-8(2)11-6-5-9(3)7-12(11)15-13(14)10(4)16/h8-9,11-12,16H,4-7H2,1-3H3. The van der Waals surface area contributed by atoms with Gasteiger partial charge < -0.3 is 4.74 Å². The highest BCUT2D eigenvalue weighted by molar-refractivity contribution is 7.85. The van der Waals surface area contributed by atoms with Crippen molar-refractivity contribution in [1.82, 2.24) is 0 Å². The third-order valence-corrected chi connectivity index (χ3v) is 3.64. The van der Waals surface area contributed by atoms with Gasteiger partial charge in [-0.25, -0.2) is 4.79 Å². The van der Waals surface area contributed by atoms with E-state index in [1.807, 2.05) is 0 Å². The molecular weight excluding hydrogens is 220 g/mol. The van der Waals surface area contributed by atoms with Crippen molar-refractivity contribution in [1.29, 1.82) is 0 Å². The SMILES string of the molecule is C=C(S)C(=O)OC1CC(C)CCC1C(C)C. The lowest BCUT2D eigenvalue weighted by Crippen LogP contribution is -2.35. The van der Waals surface area contributed by atoms with Crippen molar-refractivity contribution in [2.75, 3.05) is 0 Å². The van der Waals surface area contributed by atoms with Gasteiger partial charge >= 0.3 is 5.97 Å². The molecule has 1 aliphatic carbocycles. The first-order chi connectivity index (χ1) is 7.41. The number of hydrogen-bond acceptors (Lipinski definition) is 3. The molecule has 0 heterocycles. The highest BCUT2D eigenvalue weighted by Crippen LogP contribution is 2.35. The molecule has 1 rings (SSSR count). The highest BCUT2D eigenvalue weighted by Gasteiger charge is 2.33. The van der Waals surface area contributed by atoms with Crippen LogP contribution in [0.3, 0.4) is 0 Å². The fourth-order valence-electron chi connectivity index (χ4n) is 2.46. The Morgan fingerprint density at radius 2 is 2.06 bits per heavy atom. The van der Waals surface area contributed by atoms with Crippen LogP contribution in [-0.2, 0) is 9.53 Å². The van der Waals surface area contributed by atoms with Gasteiger partial charge in [-0.3, -0.25) is 0 Å². The van der Waals surface area contributed by atoms with E-state index in [-0.39, 0.29) is 17.0 Å². The zero-order valence-corrected chi connectivity index (χ0v) is 11.3. The Hall–Kier alpha value is -0.440. The van der Waals surface area contributed by atoms with E-state index < -0.39 is 0 Å². The highest BCUT2D eigenvalue weighted by atomic mass is 32.1. The van der Waals surface area contributed by atoms with Crippen LogP contribution in [0.15, 0.2) is 11.5 Å². The predicted molar refractivity (Wildman–Crippen MR) is 69.3 cm³/mol. The number of ether oxygens (including phenoxy) is 1. The second kappa shape index (κ2) is 5.76. The number of esters is 1. The number of carbonyl (C=O) groups excluding carboxylic acids is 1. The fraction of sp³-hybridized carbons (Fsp3) is 0.769. The molecule has 0 bridgehead atoms. The number of carbonyl (C=O) groups is 1. The fourth-order valence-corrected chi connectivity index (χ4v) is 2.51. The third-order valence-electron chi connectivity index (χ3n) is 3.46. The summed E-state index contributed by atoms with van der Waals surface area (Å²) in [6.07, 6.45) is 3.39. The molecule has 3 heteroatoms. The van der Waals surface area contributed by atoms with E-state index in [9.17, 15) is 4.79 Å². The Kier molecular flexibility index (Phi) is 4.90. The van der Waals surface area contributed by atoms with Crippen LogP contribution < -0.4 is 0 Å².